The SMILES string of the molecule is O=C(Nc1cccc(C(F)(F)F)c1)Nc1cc(Oc2ccnc3[nH]c(=O)[nH]c23)c(Cl)cc1Cl. The summed E-state index contributed by atoms with van der Waals surface area (Å²) in [5.74, 6) is 0.312. The maximum atomic E-state index is 12.9. The zero-order valence-corrected chi connectivity index (χ0v) is 17.7. The number of ether oxygens (including phenoxy) is 1. The number of carbonyl (C=O) groups excluding carboxylic acids is 1. The number of imidazole rings is 1. The number of nitrogens with one attached hydrogen (secondary N) is 4. The Kier molecular flexibility index (Phi) is 5.91. The van der Waals surface area contributed by atoms with Gasteiger partial charge in [-0.25, -0.2) is 14.6 Å². The number of urea groups is 1. The van der Waals surface area contributed by atoms with E-state index in [1.165, 1.54) is 36.5 Å². The number of aromatic nitrogens is 3. The quantitative estimate of drug-likeness (QED) is 0.276. The Balaban J connectivity index is 1.56. The van der Waals surface area contributed by atoms with Gasteiger partial charge in [0.05, 0.1) is 21.3 Å². The number of carbonyl (C=O) groups is 1. The van der Waals surface area contributed by atoms with Crippen molar-refractivity contribution in [2.75, 3.05) is 10.6 Å². The summed E-state index contributed by atoms with van der Waals surface area (Å²) in [5.41, 5.74) is -0.823. The van der Waals surface area contributed by atoms with Gasteiger partial charge in [-0.3, -0.25) is 4.98 Å². The van der Waals surface area contributed by atoms with Crippen LogP contribution in [0.2, 0.25) is 10.0 Å². The summed E-state index contributed by atoms with van der Waals surface area (Å²) in [6.45, 7) is 0. The van der Waals surface area contributed by atoms with E-state index < -0.39 is 23.5 Å². The monoisotopic (exact) mass is 497 g/mol. The standard InChI is InChI=1S/C20H12Cl2F3N5O3/c21-11-7-12(22)15(33-14-4-5-26-17-16(14)29-19(32)30-17)8-13(11)28-18(31)27-10-3-1-2-9(6-10)20(23,24)25/h1-8H,(H2,27,28,31)(H2,26,29,30,32). The third kappa shape index (κ3) is 5.04. The van der Waals surface area contributed by atoms with E-state index in [1.54, 1.807) is 0 Å². The molecule has 0 atom stereocenters. The van der Waals surface area contributed by atoms with Gasteiger partial charge in [-0.2, -0.15) is 13.2 Å². The minimum atomic E-state index is -4.55. The minimum Gasteiger partial charge on any atom is -0.453 e. The van der Waals surface area contributed by atoms with Crippen molar-refractivity contribution in [3.63, 3.8) is 0 Å². The highest BCUT2D eigenvalue weighted by atomic mass is 35.5. The van der Waals surface area contributed by atoms with Crippen molar-refractivity contribution in [1.29, 1.82) is 0 Å². The van der Waals surface area contributed by atoms with Crippen LogP contribution in [0.15, 0.2) is 53.5 Å². The van der Waals surface area contributed by atoms with Crippen LogP contribution < -0.4 is 21.1 Å². The van der Waals surface area contributed by atoms with Crippen molar-refractivity contribution in [2.45, 2.75) is 6.18 Å². The molecule has 2 aromatic heterocycles. The highest BCUT2D eigenvalue weighted by molar-refractivity contribution is 6.37. The van der Waals surface area contributed by atoms with Crippen LogP contribution in [-0.4, -0.2) is 21.0 Å². The zero-order valence-electron chi connectivity index (χ0n) is 16.2. The highest BCUT2D eigenvalue weighted by Gasteiger charge is 2.30. The highest BCUT2D eigenvalue weighted by Crippen LogP contribution is 2.38. The Morgan fingerprint density at radius 1 is 1.00 bits per heavy atom. The molecule has 2 heterocycles. The van der Waals surface area contributed by atoms with Gasteiger partial charge < -0.3 is 20.4 Å². The molecule has 4 rings (SSSR count). The number of amides is 2. The Labute approximate surface area is 192 Å². The van der Waals surface area contributed by atoms with Crippen molar-refractivity contribution in [3.05, 3.63) is 74.8 Å². The summed E-state index contributed by atoms with van der Waals surface area (Å²) in [7, 11) is 0. The minimum absolute atomic E-state index is 0.0569. The zero-order chi connectivity index (χ0) is 23.8. The fraction of sp³-hybridized carbons (Fsp3) is 0.0500. The van der Waals surface area contributed by atoms with Crippen LogP contribution in [-0.2, 0) is 6.18 Å². The average Bonchev–Trinajstić information content (AvgIpc) is 3.12. The lowest BCUT2D eigenvalue weighted by molar-refractivity contribution is -0.137. The molecule has 33 heavy (non-hydrogen) atoms. The first-order valence-electron chi connectivity index (χ1n) is 9.09. The van der Waals surface area contributed by atoms with E-state index in [1.807, 2.05) is 0 Å². The van der Waals surface area contributed by atoms with Crippen LogP contribution in [0.5, 0.6) is 11.5 Å². The molecule has 0 radical (unpaired) electrons. The number of H-pyrrole nitrogens is 2. The summed E-state index contributed by atoms with van der Waals surface area (Å²) in [5, 5.41) is 4.90. The van der Waals surface area contributed by atoms with Crippen LogP contribution in [0.4, 0.5) is 29.3 Å². The Bertz CT molecular complexity index is 1420. The molecule has 0 fully saturated rings. The van der Waals surface area contributed by atoms with Crippen molar-refractivity contribution >= 4 is 51.8 Å². The van der Waals surface area contributed by atoms with E-state index in [-0.39, 0.29) is 38.6 Å². The second-order valence-electron chi connectivity index (χ2n) is 6.63. The Morgan fingerprint density at radius 2 is 1.79 bits per heavy atom. The summed E-state index contributed by atoms with van der Waals surface area (Å²) < 4.78 is 44.4. The van der Waals surface area contributed by atoms with E-state index in [9.17, 15) is 22.8 Å². The molecule has 4 N–H and O–H groups in total. The summed E-state index contributed by atoms with van der Waals surface area (Å²) in [6.07, 6.45) is -3.14. The number of fused-ring (bicyclic) bond motifs is 1. The van der Waals surface area contributed by atoms with Gasteiger partial charge in [-0.05, 0) is 24.3 Å². The first-order valence-corrected chi connectivity index (χ1v) is 9.85. The summed E-state index contributed by atoms with van der Waals surface area (Å²) >= 11 is 12.3. The molecule has 4 aromatic rings. The Hall–Kier alpha value is -3.70. The molecule has 0 aliphatic heterocycles. The third-order valence-corrected chi connectivity index (χ3v) is 4.93. The molecule has 0 aliphatic carbocycles. The normalized spacial score (nSPS) is 11.4. The molecule has 2 aromatic carbocycles. The van der Waals surface area contributed by atoms with Gasteiger partial charge in [0.1, 0.15) is 11.3 Å². The molecule has 170 valence electrons. The van der Waals surface area contributed by atoms with Gasteiger partial charge in [0.15, 0.2) is 11.4 Å². The van der Waals surface area contributed by atoms with E-state index in [4.69, 9.17) is 27.9 Å². The Morgan fingerprint density at radius 3 is 2.55 bits per heavy atom. The number of benzene rings is 2. The second-order valence-corrected chi connectivity index (χ2v) is 7.45. The van der Waals surface area contributed by atoms with Crippen molar-refractivity contribution in [3.8, 4) is 11.5 Å². The summed E-state index contributed by atoms with van der Waals surface area (Å²) in [6, 6.07) is 7.44. The molecule has 13 heteroatoms. The number of aromatic amines is 2. The first kappa shape index (κ1) is 22.5. The van der Waals surface area contributed by atoms with Crippen LogP contribution in [0.3, 0.4) is 0 Å². The van der Waals surface area contributed by atoms with Gasteiger partial charge in [-0.15, -0.1) is 0 Å². The van der Waals surface area contributed by atoms with E-state index in [2.05, 4.69) is 25.6 Å². The molecular weight excluding hydrogens is 486 g/mol. The maximum Gasteiger partial charge on any atom is 0.416 e. The van der Waals surface area contributed by atoms with Crippen LogP contribution in [0.25, 0.3) is 11.2 Å². The van der Waals surface area contributed by atoms with E-state index in [0.717, 1.165) is 12.1 Å². The van der Waals surface area contributed by atoms with E-state index in [0.29, 0.717) is 5.52 Å². The number of anilines is 2. The molecular formula is C20H12Cl2F3N5O3. The van der Waals surface area contributed by atoms with E-state index >= 15 is 0 Å². The molecule has 0 saturated carbocycles. The smallest absolute Gasteiger partial charge is 0.416 e. The molecule has 8 nitrogen and oxygen atoms in total. The van der Waals surface area contributed by atoms with Crippen LogP contribution in [0, 0.1) is 0 Å². The molecule has 0 spiro atoms. The number of hydrogen-bond donors (Lipinski definition) is 4. The number of rotatable bonds is 4. The van der Waals surface area contributed by atoms with Crippen molar-refractivity contribution < 1.29 is 22.7 Å². The molecule has 0 unspecified atom stereocenters. The lowest BCUT2D eigenvalue weighted by Gasteiger charge is -2.14. The fourth-order valence-electron chi connectivity index (χ4n) is 2.88. The lowest BCUT2D eigenvalue weighted by Crippen LogP contribution is -2.20. The number of hydrogen-bond acceptors (Lipinski definition) is 4. The third-order valence-electron chi connectivity index (χ3n) is 4.32. The van der Waals surface area contributed by atoms with Crippen molar-refractivity contribution in [1.82, 2.24) is 15.0 Å². The van der Waals surface area contributed by atoms with Gasteiger partial charge >= 0.3 is 17.9 Å². The predicted octanol–water partition coefficient (Wildman–Crippen LogP) is 6.01. The van der Waals surface area contributed by atoms with Crippen molar-refractivity contribution in [2.24, 2.45) is 0 Å². The largest absolute Gasteiger partial charge is 0.453 e. The molecule has 0 bridgehead atoms. The number of alkyl halides is 3. The first-order chi connectivity index (χ1) is 15.6. The lowest BCUT2D eigenvalue weighted by atomic mass is 10.2. The average molecular weight is 498 g/mol. The fourth-order valence-corrected chi connectivity index (χ4v) is 3.35. The van der Waals surface area contributed by atoms with Gasteiger partial charge in [0.2, 0.25) is 0 Å². The topological polar surface area (TPSA) is 112 Å². The second kappa shape index (κ2) is 8.68. The number of pyridine rings is 1. The molecule has 0 aliphatic rings. The van der Waals surface area contributed by atoms with Gasteiger partial charge in [0.25, 0.3) is 0 Å². The predicted molar refractivity (Wildman–Crippen MR) is 117 cm³/mol. The van der Waals surface area contributed by atoms with Crippen LogP contribution in [0.1, 0.15) is 5.56 Å². The number of halogens is 5. The molecule has 0 saturated heterocycles. The molecule has 2 amide bonds. The summed E-state index contributed by atoms with van der Waals surface area (Å²) in [4.78, 5) is 32.9. The van der Waals surface area contributed by atoms with Gasteiger partial charge in [-0.1, -0.05) is 29.3 Å². The van der Waals surface area contributed by atoms with Crippen LogP contribution >= 0.6 is 23.2 Å². The maximum absolute atomic E-state index is 12.9. The van der Waals surface area contributed by atoms with Gasteiger partial charge in [0, 0.05) is 24.0 Å². The number of nitrogens with zero attached hydrogens (tertiary/aromatic N) is 1.